The molecule has 0 amide bonds. The molecule has 1 aromatic rings. The van der Waals surface area contributed by atoms with Gasteiger partial charge in [-0.2, -0.15) is 0 Å². The van der Waals surface area contributed by atoms with Crippen molar-refractivity contribution in [2.75, 3.05) is 18.0 Å². The molecule has 3 heteroatoms. The summed E-state index contributed by atoms with van der Waals surface area (Å²) in [6.07, 6.45) is 1.34. The Morgan fingerprint density at radius 1 is 1.29 bits per heavy atom. The lowest BCUT2D eigenvalue weighted by Crippen LogP contribution is -2.39. The molecule has 2 atom stereocenters. The summed E-state index contributed by atoms with van der Waals surface area (Å²) in [6.45, 7) is 7.56. The van der Waals surface area contributed by atoms with Crippen LogP contribution >= 0.6 is 15.9 Å². The molecule has 94 valence electrons. The number of rotatable bonds is 2. The number of nitrogens with two attached hydrogens (primary N) is 1. The Bertz CT molecular complexity index is 382. The average Bonchev–Trinajstić information content (AvgIpc) is 2.27. The third-order valence-corrected chi connectivity index (χ3v) is 4.25. The number of piperidine rings is 1. The molecule has 1 fully saturated rings. The summed E-state index contributed by atoms with van der Waals surface area (Å²) in [5.41, 5.74) is 8.41. The highest BCUT2D eigenvalue weighted by atomic mass is 79.9. The number of halogens is 1. The van der Waals surface area contributed by atoms with Gasteiger partial charge in [0.05, 0.1) is 0 Å². The molecule has 1 aliphatic rings. The molecule has 17 heavy (non-hydrogen) atoms. The molecule has 2 unspecified atom stereocenters. The molecule has 2 N–H and O–H groups in total. The molecule has 1 heterocycles. The van der Waals surface area contributed by atoms with E-state index in [4.69, 9.17) is 5.73 Å². The SMILES string of the molecule is CC1CC(C)CN(c2cccc(Br)c2CN)C1. The van der Waals surface area contributed by atoms with Crippen molar-refractivity contribution in [1.29, 1.82) is 0 Å². The Morgan fingerprint density at radius 2 is 1.94 bits per heavy atom. The van der Waals surface area contributed by atoms with E-state index in [1.807, 2.05) is 0 Å². The Hall–Kier alpha value is -0.540. The topological polar surface area (TPSA) is 29.3 Å². The van der Waals surface area contributed by atoms with Gasteiger partial charge in [0.2, 0.25) is 0 Å². The largest absolute Gasteiger partial charge is 0.371 e. The van der Waals surface area contributed by atoms with Gasteiger partial charge in [-0.1, -0.05) is 35.8 Å². The maximum atomic E-state index is 5.87. The van der Waals surface area contributed by atoms with Gasteiger partial charge in [0.15, 0.2) is 0 Å². The van der Waals surface area contributed by atoms with Crippen LogP contribution in [0.2, 0.25) is 0 Å². The molecule has 1 aromatic carbocycles. The van der Waals surface area contributed by atoms with Crippen LogP contribution in [0.1, 0.15) is 25.8 Å². The van der Waals surface area contributed by atoms with E-state index in [0.29, 0.717) is 6.54 Å². The average molecular weight is 297 g/mol. The molecule has 1 aliphatic heterocycles. The van der Waals surface area contributed by atoms with Crippen molar-refractivity contribution >= 4 is 21.6 Å². The Morgan fingerprint density at radius 3 is 2.53 bits per heavy atom. The summed E-state index contributed by atoms with van der Waals surface area (Å²) in [7, 11) is 0. The first-order valence-corrected chi connectivity index (χ1v) is 7.13. The molecule has 0 spiro atoms. The highest BCUT2D eigenvalue weighted by Crippen LogP contribution is 2.32. The molecule has 0 aliphatic carbocycles. The van der Waals surface area contributed by atoms with E-state index in [2.05, 4.69) is 52.9 Å². The Balaban J connectivity index is 2.30. The maximum Gasteiger partial charge on any atom is 0.0423 e. The van der Waals surface area contributed by atoms with Crippen molar-refractivity contribution in [1.82, 2.24) is 0 Å². The number of hydrogen-bond acceptors (Lipinski definition) is 2. The number of anilines is 1. The fraction of sp³-hybridized carbons (Fsp3) is 0.571. The second-order valence-corrected chi connectivity index (χ2v) is 6.15. The summed E-state index contributed by atoms with van der Waals surface area (Å²) < 4.78 is 1.13. The molecule has 1 saturated heterocycles. The summed E-state index contributed by atoms with van der Waals surface area (Å²) in [5, 5.41) is 0. The van der Waals surface area contributed by atoms with Gasteiger partial charge in [-0.3, -0.25) is 0 Å². The predicted octanol–water partition coefficient (Wildman–Crippen LogP) is 3.39. The first-order chi connectivity index (χ1) is 8.11. The van der Waals surface area contributed by atoms with Gasteiger partial charge in [0, 0.05) is 35.4 Å². The molecule has 0 saturated carbocycles. The second-order valence-electron chi connectivity index (χ2n) is 5.29. The van der Waals surface area contributed by atoms with Gasteiger partial charge in [0.25, 0.3) is 0 Å². The van der Waals surface area contributed by atoms with E-state index in [1.165, 1.54) is 17.7 Å². The second kappa shape index (κ2) is 5.40. The van der Waals surface area contributed by atoms with Crippen LogP contribution in [0, 0.1) is 11.8 Å². The van der Waals surface area contributed by atoms with Crippen LogP contribution in [-0.2, 0) is 6.54 Å². The van der Waals surface area contributed by atoms with Crippen LogP contribution in [0.3, 0.4) is 0 Å². The van der Waals surface area contributed by atoms with E-state index in [9.17, 15) is 0 Å². The van der Waals surface area contributed by atoms with Crippen LogP contribution in [0.4, 0.5) is 5.69 Å². The number of benzene rings is 1. The van der Waals surface area contributed by atoms with Crippen molar-refractivity contribution in [2.45, 2.75) is 26.8 Å². The first-order valence-electron chi connectivity index (χ1n) is 6.34. The summed E-state index contributed by atoms with van der Waals surface area (Å²) in [4.78, 5) is 2.49. The third-order valence-electron chi connectivity index (χ3n) is 3.51. The van der Waals surface area contributed by atoms with Crippen molar-refractivity contribution < 1.29 is 0 Å². The van der Waals surface area contributed by atoms with Crippen LogP contribution in [0.5, 0.6) is 0 Å². The van der Waals surface area contributed by atoms with Crippen molar-refractivity contribution in [3.8, 4) is 0 Å². The Kier molecular flexibility index (Phi) is 4.10. The molecule has 2 nitrogen and oxygen atoms in total. The highest BCUT2D eigenvalue weighted by Gasteiger charge is 2.23. The predicted molar refractivity (Wildman–Crippen MR) is 77.2 cm³/mol. The van der Waals surface area contributed by atoms with Crippen LogP contribution in [0.15, 0.2) is 22.7 Å². The molecule has 0 aromatic heterocycles. The Labute approximate surface area is 112 Å². The fourth-order valence-corrected chi connectivity index (χ4v) is 3.42. The molecule has 2 rings (SSSR count). The molecule has 0 bridgehead atoms. The number of hydrogen-bond donors (Lipinski definition) is 1. The van der Waals surface area contributed by atoms with Crippen LogP contribution < -0.4 is 10.6 Å². The standard InChI is InChI=1S/C14H21BrN2/c1-10-6-11(2)9-17(8-10)14-5-3-4-13(15)12(14)7-16/h3-5,10-11H,6-9,16H2,1-2H3. The van der Waals surface area contributed by atoms with E-state index >= 15 is 0 Å². The van der Waals surface area contributed by atoms with Crippen LogP contribution in [-0.4, -0.2) is 13.1 Å². The fourth-order valence-electron chi connectivity index (χ4n) is 2.91. The van der Waals surface area contributed by atoms with Gasteiger partial charge in [-0.05, 0) is 30.4 Å². The lowest BCUT2D eigenvalue weighted by atomic mass is 9.91. The summed E-state index contributed by atoms with van der Waals surface area (Å²) in [6, 6.07) is 6.36. The van der Waals surface area contributed by atoms with Gasteiger partial charge >= 0.3 is 0 Å². The van der Waals surface area contributed by atoms with E-state index in [-0.39, 0.29) is 0 Å². The first kappa shape index (κ1) is 12.9. The summed E-state index contributed by atoms with van der Waals surface area (Å²) in [5.74, 6) is 1.53. The summed E-state index contributed by atoms with van der Waals surface area (Å²) >= 11 is 3.60. The van der Waals surface area contributed by atoms with Gasteiger partial charge in [-0.25, -0.2) is 0 Å². The lowest BCUT2D eigenvalue weighted by molar-refractivity contribution is 0.356. The molecular formula is C14H21BrN2. The monoisotopic (exact) mass is 296 g/mol. The van der Waals surface area contributed by atoms with E-state index in [0.717, 1.165) is 29.4 Å². The smallest absolute Gasteiger partial charge is 0.0423 e. The molecular weight excluding hydrogens is 276 g/mol. The maximum absolute atomic E-state index is 5.87. The van der Waals surface area contributed by atoms with Gasteiger partial charge in [-0.15, -0.1) is 0 Å². The van der Waals surface area contributed by atoms with Crippen molar-refractivity contribution in [3.63, 3.8) is 0 Å². The minimum absolute atomic E-state index is 0.593. The number of nitrogens with zero attached hydrogens (tertiary/aromatic N) is 1. The quantitative estimate of drug-likeness (QED) is 0.906. The highest BCUT2D eigenvalue weighted by molar-refractivity contribution is 9.10. The van der Waals surface area contributed by atoms with Crippen molar-refractivity contribution in [3.05, 3.63) is 28.2 Å². The zero-order valence-electron chi connectivity index (χ0n) is 10.6. The minimum atomic E-state index is 0.593. The van der Waals surface area contributed by atoms with Crippen LogP contribution in [0.25, 0.3) is 0 Å². The van der Waals surface area contributed by atoms with Crippen molar-refractivity contribution in [2.24, 2.45) is 17.6 Å². The van der Waals surface area contributed by atoms with E-state index in [1.54, 1.807) is 0 Å². The third kappa shape index (κ3) is 2.83. The zero-order chi connectivity index (χ0) is 12.4. The normalized spacial score (nSPS) is 25.1. The van der Waals surface area contributed by atoms with E-state index < -0.39 is 0 Å². The molecule has 0 radical (unpaired) electrons. The zero-order valence-corrected chi connectivity index (χ0v) is 12.2. The van der Waals surface area contributed by atoms with Gasteiger partial charge in [0.1, 0.15) is 0 Å². The lowest BCUT2D eigenvalue weighted by Gasteiger charge is -2.37. The minimum Gasteiger partial charge on any atom is -0.371 e. The van der Waals surface area contributed by atoms with Gasteiger partial charge < -0.3 is 10.6 Å².